The van der Waals surface area contributed by atoms with Crippen molar-refractivity contribution in [1.82, 2.24) is 9.62 Å². The molecule has 0 unspecified atom stereocenters. The van der Waals surface area contributed by atoms with Gasteiger partial charge in [0.15, 0.2) is 0 Å². The van der Waals surface area contributed by atoms with E-state index in [0.717, 1.165) is 0 Å². The average molecular weight is 454 g/mol. The number of nitriles is 1. The van der Waals surface area contributed by atoms with Crippen LogP contribution in [0, 0.1) is 17.2 Å². The number of alkyl carbamates (subject to hydrolysis) is 1. The van der Waals surface area contributed by atoms with E-state index in [2.05, 4.69) is 5.32 Å². The molecule has 0 saturated carbocycles. The summed E-state index contributed by atoms with van der Waals surface area (Å²) in [6, 6.07) is 7.17. The maximum Gasteiger partial charge on any atom is 0.407 e. The number of aliphatic hydroxyl groups is 1. The van der Waals surface area contributed by atoms with Crippen LogP contribution >= 0.6 is 0 Å². The summed E-state index contributed by atoms with van der Waals surface area (Å²) in [5.74, 6) is 0.0658. The van der Waals surface area contributed by atoms with Crippen LogP contribution in [0.4, 0.5) is 4.79 Å². The second-order valence-corrected chi connectivity index (χ2v) is 10.8. The fourth-order valence-corrected chi connectivity index (χ4v) is 4.79. The minimum Gasteiger partial charge on any atom is -0.444 e. The Morgan fingerprint density at radius 1 is 1.23 bits per heavy atom. The van der Waals surface area contributed by atoms with Crippen molar-refractivity contribution in [2.75, 3.05) is 19.7 Å². The molecule has 8 nitrogen and oxygen atoms in total. The Labute approximate surface area is 186 Å². The molecule has 0 aromatic heterocycles. The van der Waals surface area contributed by atoms with Gasteiger partial charge in [-0.25, -0.2) is 13.2 Å². The lowest BCUT2D eigenvalue weighted by Crippen LogP contribution is -2.44. The van der Waals surface area contributed by atoms with E-state index >= 15 is 0 Å². The molecule has 0 heterocycles. The van der Waals surface area contributed by atoms with Crippen molar-refractivity contribution in [2.24, 2.45) is 5.92 Å². The standard InChI is InChI=1S/C22H35N3O5S/c1-17(2)15-25(31(28,29)20-11-9-18(14-23)10-12-20)19(16-26)8-6-7-13-24-21(27)30-22(3,4)5/h9-12,17,19,26H,6-8,13,15-16H2,1-5H3,(H,24,27)/t19-/m0/s1. The number of hydrogen-bond acceptors (Lipinski definition) is 6. The highest BCUT2D eigenvalue weighted by Gasteiger charge is 2.31. The number of ether oxygens (including phenoxy) is 1. The Bertz CT molecular complexity index is 839. The molecular weight excluding hydrogens is 418 g/mol. The largest absolute Gasteiger partial charge is 0.444 e. The Kier molecular flexibility index (Phi) is 10.4. The van der Waals surface area contributed by atoms with Gasteiger partial charge in [-0.05, 0) is 63.8 Å². The Balaban J connectivity index is 2.79. The fourth-order valence-electron chi connectivity index (χ4n) is 2.98. The molecule has 31 heavy (non-hydrogen) atoms. The van der Waals surface area contributed by atoms with Gasteiger partial charge in [0.25, 0.3) is 0 Å². The van der Waals surface area contributed by atoms with Crippen LogP contribution in [0.3, 0.4) is 0 Å². The normalized spacial score (nSPS) is 13.1. The molecule has 0 spiro atoms. The number of sulfonamides is 1. The molecule has 1 atom stereocenters. The van der Waals surface area contributed by atoms with Crippen LogP contribution in [0.5, 0.6) is 0 Å². The third-order valence-electron chi connectivity index (χ3n) is 4.39. The van der Waals surface area contributed by atoms with Crippen molar-refractivity contribution in [2.45, 2.75) is 70.4 Å². The topological polar surface area (TPSA) is 120 Å². The number of carbonyl (C=O) groups is 1. The van der Waals surface area contributed by atoms with Crippen LogP contribution < -0.4 is 5.32 Å². The number of nitrogens with zero attached hydrogens (tertiary/aromatic N) is 2. The Hall–Kier alpha value is -2.15. The van der Waals surface area contributed by atoms with Crippen LogP contribution in [0.15, 0.2) is 29.2 Å². The maximum atomic E-state index is 13.2. The van der Waals surface area contributed by atoms with Crippen LogP contribution in [0.25, 0.3) is 0 Å². The van der Waals surface area contributed by atoms with Crippen LogP contribution in [0.1, 0.15) is 59.4 Å². The summed E-state index contributed by atoms with van der Waals surface area (Å²) in [4.78, 5) is 11.8. The van der Waals surface area contributed by atoms with Gasteiger partial charge in [-0.15, -0.1) is 0 Å². The average Bonchev–Trinajstić information content (AvgIpc) is 2.67. The zero-order valence-corrected chi connectivity index (χ0v) is 19.9. The first-order valence-electron chi connectivity index (χ1n) is 10.5. The van der Waals surface area contributed by atoms with Gasteiger partial charge in [0, 0.05) is 19.1 Å². The highest BCUT2D eigenvalue weighted by atomic mass is 32.2. The lowest BCUT2D eigenvalue weighted by molar-refractivity contribution is 0.0526. The number of amides is 1. The van der Waals surface area contributed by atoms with E-state index < -0.39 is 27.8 Å². The van der Waals surface area contributed by atoms with Gasteiger partial charge in [0.1, 0.15) is 5.60 Å². The smallest absolute Gasteiger partial charge is 0.407 e. The van der Waals surface area contributed by atoms with Gasteiger partial charge in [0.2, 0.25) is 10.0 Å². The van der Waals surface area contributed by atoms with E-state index in [1.165, 1.54) is 28.6 Å². The predicted molar refractivity (Wildman–Crippen MR) is 119 cm³/mol. The number of unbranched alkanes of at least 4 members (excludes halogenated alkanes) is 1. The summed E-state index contributed by atoms with van der Waals surface area (Å²) in [6.07, 6.45) is 1.21. The highest BCUT2D eigenvalue weighted by Crippen LogP contribution is 2.23. The van der Waals surface area contributed by atoms with E-state index in [1.807, 2.05) is 19.9 Å². The monoisotopic (exact) mass is 453 g/mol. The first-order chi connectivity index (χ1) is 14.4. The van der Waals surface area contributed by atoms with Crippen LogP contribution in [-0.2, 0) is 14.8 Å². The Morgan fingerprint density at radius 2 is 1.84 bits per heavy atom. The molecule has 1 aromatic rings. The molecule has 1 aromatic carbocycles. The van der Waals surface area contributed by atoms with Crippen molar-refractivity contribution >= 4 is 16.1 Å². The van der Waals surface area contributed by atoms with Gasteiger partial charge >= 0.3 is 6.09 Å². The molecule has 0 fully saturated rings. The predicted octanol–water partition coefficient (Wildman–Crippen LogP) is 3.26. The van der Waals surface area contributed by atoms with E-state index in [4.69, 9.17) is 10.00 Å². The number of aliphatic hydroxyl groups excluding tert-OH is 1. The summed E-state index contributed by atoms with van der Waals surface area (Å²) in [6.45, 7) is 9.56. The lowest BCUT2D eigenvalue weighted by Gasteiger charge is -2.31. The molecule has 0 aliphatic carbocycles. The molecule has 9 heteroatoms. The molecular formula is C22H35N3O5S. The first-order valence-corrected chi connectivity index (χ1v) is 11.9. The number of hydrogen-bond donors (Lipinski definition) is 2. The van der Waals surface area contributed by atoms with E-state index in [0.29, 0.717) is 31.4 Å². The maximum absolute atomic E-state index is 13.2. The highest BCUT2D eigenvalue weighted by molar-refractivity contribution is 7.89. The zero-order chi connectivity index (χ0) is 23.7. The SMILES string of the molecule is CC(C)CN([C@H](CO)CCCCNC(=O)OC(C)(C)C)S(=O)(=O)c1ccc(C#N)cc1. The summed E-state index contributed by atoms with van der Waals surface area (Å²) in [7, 11) is -3.83. The van der Waals surface area contributed by atoms with Crippen LogP contribution in [-0.4, -0.2) is 55.3 Å². The minimum absolute atomic E-state index is 0.0658. The summed E-state index contributed by atoms with van der Waals surface area (Å²) in [5, 5.41) is 21.6. The molecule has 2 N–H and O–H groups in total. The zero-order valence-electron chi connectivity index (χ0n) is 19.1. The third kappa shape index (κ3) is 9.25. The summed E-state index contributed by atoms with van der Waals surface area (Å²) >= 11 is 0. The van der Waals surface area contributed by atoms with E-state index in [9.17, 15) is 18.3 Å². The van der Waals surface area contributed by atoms with Crippen molar-refractivity contribution in [3.8, 4) is 6.07 Å². The third-order valence-corrected chi connectivity index (χ3v) is 6.32. The minimum atomic E-state index is -3.83. The lowest BCUT2D eigenvalue weighted by atomic mass is 10.1. The number of rotatable bonds is 11. The molecule has 0 radical (unpaired) electrons. The number of carbonyl (C=O) groups excluding carboxylic acids is 1. The number of nitrogens with one attached hydrogen (secondary N) is 1. The fraction of sp³-hybridized carbons (Fsp3) is 0.636. The van der Waals surface area contributed by atoms with Gasteiger partial charge in [-0.1, -0.05) is 20.3 Å². The molecule has 1 rings (SSSR count). The Morgan fingerprint density at radius 3 is 2.32 bits per heavy atom. The molecule has 0 aliphatic heterocycles. The van der Waals surface area contributed by atoms with Gasteiger partial charge in [-0.3, -0.25) is 0 Å². The molecule has 1 amide bonds. The van der Waals surface area contributed by atoms with E-state index in [-0.39, 0.29) is 24.0 Å². The number of benzene rings is 1. The second-order valence-electron chi connectivity index (χ2n) is 8.87. The molecule has 0 saturated heterocycles. The van der Waals surface area contributed by atoms with Crippen molar-refractivity contribution < 1.29 is 23.1 Å². The summed E-state index contributed by atoms with van der Waals surface area (Å²) < 4.78 is 33.0. The molecule has 174 valence electrons. The van der Waals surface area contributed by atoms with Crippen molar-refractivity contribution in [3.05, 3.63) is 29.8 Å². The first kappa shape index (κ1) is 26.9. The van der Waals surface area contributed by atoms with E-state index in [1.54, 1.807) is 20.8 Å². The summed E-state index contributed by atoms with van der Waals surface area (Å²) in [5.41, 5.74) is -0.186. The van der Waals surface area contributed by atoms with Gasteiger partial charge < -0.3 is 15.2 Å². The van der Waals surface area contributed by atoms with Gasteiger partial charge in [0.05, 0.1) is 23.1 Å². The quantitative estimate of drug-likeness (QED) is 0.496. The van der Waals surface area contributed by atoms with Crippen LogP contribution in [0.2, 0.25) is 0 Å². The molecule has 0 bridgehead atoms. The van der Waals surface area contributed by atoms with Gasteiger partial charge in [-0.2, -0.15) is 9.57 Å². The van der Waals surface area contributed by atoms with Crippen molar-refractivity contribution in [3.63, 3.8) is 0 Å². The second kappa shape index (κ2) is 12.0. The van der Waals surface area contributed by atoms with Crippen molar-refractivity contribution in [1.29, 1.82) is 5.26 Å². The molecule has 0 aliphatic rings.